The van der Waals surface area contributed by atoms with E-state index in [2.05, 4.69) is 19.2 Å². The van der Waals surface area contributed by atoms with E-state index in [1.807, 2.05) is 5.32 Å². The number of nitrogens with zero attached hydrogens (tertiary/aromatic N) is 1. The number of nitrogens with two attached hydrogens (primary N) is 1. The van der Waals surface area contributed by atoms with Crippen LogP contribution >= 0.6 is 0 Å². The Labute approximate surface area is 156 Å². The summed E-state index contributed by atoms with van der Waals surface area (Å²) in [6.07, 6.45) is 3.79. The van der Waals surface area contributed by atoms with Crippen molar-refractivity contribution in [1.82, 2.24) is 4.31 Å². The van der Waals surface area contributed by atoms with Gasteiger partial charge in [-0.05, 0) is 44.4 Å². The second-order valence-corrected chi connectivity index (χ2v) is 8.64. The van der Waals surface area contributed by atoms with Crippen molar-refractivity contribution in [3.63, 3.8) is 0 Å². The zero-order valence-electron chi connectivity index (χ0n) is 15.8. The second-order valence-electron chi connectivity index (χ2n) is 6.70. The molecule has 1 fully saturated rings. The van der Waals surface area contributed by atoms with E-state index in [0.717, 1.165) is 25.7 Å². The molecule has 2 rings (SSSR count). The highest BCUT2D eigenvalue weighted by Gasteiger charge is 2.27. The molecular formula is C18H30N3O4S+. The van der Waals surface area contributed by atoms with Gasteiger partial charge in [-0.1, -0.05) is 13.3 Å². The van der Waals surface area contributed by atoms with Gasteiger partial charge in [-0.15, -0.1) is 0 Å². The Kier molecular flexibility index (Phi) is 7.43. The number of ether oxygens (including phenoxy) is 1. The zero-order chi connectivity index (χ0) is 19.2. The summed E-state index contributed by atoms with van der Waals surface area (Å²) in [4.78, 5) is 12.4. The number of hydrogen-bond acceptors (Lipinski definition) is 4. The van der Waals surface area contributed by atoms with Crippen molar-refractivity contribution in [3.05, 3.63) is 18.2 Å². The predicted octanol–water partition coefficient (Wildman–Crippen LogP) is 1.17. The predicted molar refractivity (Wildman–Crippen MR) is 101 cm³/mol. The lowest BCUT2D eigenvalue weighted by molar-refractivity contribution is -0.675. The normalized spacial score (nSPS) is 16.9. The zero-order valence-corrected chi connectivity index (χ0v) is 16.6. The standard InChI is InChI=1S/C18H29N3O4S/c1-4-14(2)19-13-18(22)20-16-12-15(8-9-17(16)25-3)26(23,24)21-10-6-5-7-11-21/h8-9,12,14,19H,4-7,10-11,13H2,1-3H3,(H,20,22)/p+1/t14-/m0/s1. The molecule has 0 radical (unpaired) electrons. The molecule has 3 N–H and O–H groups in total. The lowest BCUT2D eigenvalue weighted by atomic mass is 10.2. The van der Waals surface area contributed by atoms with Crippen LogP contribution in [0.25, 0.3) is 0 Å². The van der Waals surface area contributed by atoms with Gasteiger partial charge >= 0.3 is 0 Å². The Hall–Kier alpha value is -1.64. The first-order valence-electron chi connectivity index (χ1n) is 9.19. The van der Waals surface area contributed by atoms with Gasteiger partial charge in [0.25, 0.3) is 5.91 Å². The van der Waals surface area contributed by atoms with Gasteiger partial charge in [-0.2, -0.15) is 4.31 Å². The smallest absolute Gasteiger partial charge is 0.279 e. The summed E-state index contributed by atoms with van der Waals surface area (Å²) < 4.78 is 32.5. The third-order valence-corrected chi connectivity index (χ3v) is 6.64. The largest absolute Gasteiger partial charge is 0.495 e. The number of benzene rings is 1. The number of carbonyl (C=O) groups is 1. The Morgan fingerprint density at radius 2 is 2.00 bits per heavy atom. The topological polar surface area (TPSA) is 92.3 Å². The van der Waals surface area contributed by atoms with Crippen LogP contribution in [0, 0.1) is 0 Å². The van der Waals surface area contributed by atoms with Gasteiger partial charge < -0.3 is 15.4 Å². The molecule has 0 bridgehead atoms. The number of hydrogen-bond donors (Lipinski definition) is 2. The Morgan fingerprint density at radius 3 is 2.62 bits per heavy atom. The number of sulfonamides is 1. The van der Waals surface area contributed by atoms with E-state index >= 15 is 0 Å². The van der Waals surface area contributed by atoms with Crippen LogP contribution < -0.4 is 15.4 Å². The van der Waals surface area contributed by atoms with E-state index in [1.165, 1.54) is 23.5 Å². The van der Waals surface area contributed by atoms with E-state index in [1.54, 1.807) is 6.07 Å². The van der Waals surface area contributed by atoms with Crippen LogP contribution in [0.1, 0.15) is 39.5 Å². The van der Waals surface area contributed by atoms with E-state index < -0.39 is 10.0 Å². The van der Waals surface area contributed by atoms with Crippen LogP contribution in [-0.2, 0) is 14.8 Å². The molecule has 1 heterocycles. The lowest BCUT2D eigenvalue weighted by Gasteiger charge is -2.26. The van der Waals surface area contributed by atoms with Crippen LogP contribution in [0.5, 0.6) is 5.75 Å². The minimum atomic E-state index is -3.56. The fourth-order valence-corrected chi connectivity index (χ4v) is 4.42. The highest BCUT2D eigenvalue weighted by atomic mass is 32.2. The van der Waals surface area contributed by atoms with Crippen molar-refractivity contribution in [1.29, 1.82) is 0 Å². The maximum absolute atomic E-state index is 12.8. The molecule has 0 aliphatic carbocycles. The maximum atomic E-state index is 12.8. The van der Waals surface area contributed by atoms with Crippen molar-refractivity contribution >= 4 is 21.6 Å². The SMILES string of the molecule is CC[C@H](C)[NH2+]CC(=O)Nc1cc(S(=O)(=O)N2CCCCC2)ccc1OC. The first-order chi connectivity index (χ1) is 12.4. The molecule has 26 heavy (non-hydrogen) atoms. The highest BCUT2D eigenvalue weighted by Crippen LogP contribution is 2.29. The molecule has 1 amide bonds. The lowest BCUT2D eigenvalue weighted by Crippen LogP contribution is -2.90. The van der Waals surface area contributed by atoms with Gasteiger partial charge in [0.05, 0.1) is 23.7 Å². The number of quaternary nitrogens is 1. The van der Waals surface area contributed by atoms with Gasteiger partial charge in [0.1, 0.15) is 5.75 Å². The first-order valence-corrected chi connectivity index (χ1v) is 10.6. The molecule has 0 aromatic heterocycles. The number of anilines is 1. The van der Waals surface area contributed by atoms with Crippen LogP contribution in [-0.4, -0.2) is 51.4 Å². The first kappa shape index (κ1) is 20.7. The summed E-state index contributed by atoms with van der Waals surface area (Å²) in [6, 6.07) is 4.96. The minimum Gasteiger partial charge on any atom is -0.495 e. The fourth-order valence-electron chi connectivity index (χ4n) is 2.88. The number of amides is 1. The number of nitrogens with one attached hydrogen (secondary N) is 1. The van der Waals surface area contributed by atoms with Crippen LogP contribution in [0.4, 0.5) is 5.69 Å². The molecule has 0 saturated carbocycles. The van der Waals surface area contributed by atoms with E-state index in [0.29, 0.717) is 30.6 Å². The second kappa shape index (κ2) is 9.34. The molecule has 1 atom stereocenters. The molecule has 8 heteroatoms. The van der Waals surface area contributed by atoms with Crippen molar-refractivity contribution in [2.24, 2.45) is 0 Å². The molecule has 1 aliphatic heterocycles. The maximum Gasteiger partial charge on any atom is 0.279 e. The van der Waals surface area contributed by atoms with Crippen LogP contribution in [0.3, 0.4) is 0 Å². The summed E-state index contributed by atoms with van der Waals surface area (Å²) in [7, 11) is -2.06. The average molecular weight is 385 g/mol. The van der Waals surface area contributed by atoms with Crippen molar-refractivity contribution < 1.29 is 23.3 Å². The Morgan fingerprint density at radius 1 is 1.31 bits per heavy atom. The van der Waals surface area contributed by atoms with Crippen LogP contribution in [0.2, 0.25) is 0 Å². The van der Waals surface area contributed by atoms with Gasteiger partial charge in [-0.25, -0.2) is 8.42 Å². The van der Waals surface area contributed by atoms with E-state index in [4.69, 9.17) is 4.74 Å². The third kappa shape index (κ3) is 5.18. The van der Waals surface area contributed by atoms with E-state index in [-0.39, 0.29) is 17.3 Å². The van der Waals surface area contributed by atoms with Gasteiger partial charge in [0.2, 0.25) is 10.0 Å². The van der Waals surface area contributed by atoms with Gasteiger partial charge in [0.15, 0.2) is 6.54 Å². The van der Waals surface area contributed by atoms with E-state index in [9.17, 15) is 13.2 Å². The summed E-state index contributed by atoms with van der Waals surface area (Å²) in [6.45, 7) is 5.48. The van der Waals surface area contributed by atoms with Gasteiger partial charge in [0, 0.05) is 13.1 Å². The molecule has 1 aromatic carbocycles. The molecule has 146 valence electrons. The average Bonchev–Trinajstić information content (AvgIpc) is 2.66. The molecule has 1 aromatic rings. The Balaban J connectivity index is 2.18. The molecular weight excluding hydrogens is 354 g/mol. The number of methoxy groups -OCH3 is 1. The third-order valence-electron chi connectivity index (χ3n) is 4.75. The summed E-state index contributed by atoms with van der Waals surface area (Å²) in [5.74, 6) is 0.260. The number of piperidine rings is 1. The van der Waals surface area contributed by atoms with Crippen molar-refractivity contribution in [2.75, 3.05) is 32.1 Å². The molecule has 0 unspecified atom stereocenters. The summed E-state index contributed by atoms with van der Waals surface area (Å²) in [5, 5.41) is 4.73. The summed E-state index contributed by atoms with van der Waals surface area (Å²) in [5.41, 5.74) is 0.383. The number of carbonyl (C=O) groups excluding carboxylic acids is 1. The monoisotopic (exact) mass is 384 g/mol. The quantitative estimate of drug-likeness (QED) is 0.704. The molecule has 1 aliphatic rings. The van der Waals surface area contributed by atoms with Gasteiger partial charge in [-0.3, -0.25) is 4.79 Å². The molecule has 0 spiro atoms. The molecule has 7 nitrogen and oxygen atoms in total. The highest BCUT2D eigenvalue weighted by molar-refractivity contribution is 7.89. The molecule has 1 saturated heterocycles. The van der Waals surface area contributed by atoms with Crippen LogP contribution in [0.15, 0.2) is 23.1 Å². The summed E-state index contributed by atoms with van der Waals surface area (Å²) >= 11 is 0. The minimum absolute atomic E-state index is 0.182. The fraction of sp³-hybridized carbons (Fsp3) is 0.611. The Bertz CT molecular complexity index is 715. The number of rotatable bonds is 8. The van der Waals surface area contributed by atoms with Crippen molar-refractivity contribution in [2.45, 2.75) is 50.5 Å². The van der Waals surface area contributed by atoms with Crippen molar-refractivity contribution in [3.8, 4) is 5.75 Å².